The quantitative estimate of drug-likeness (QED) is 0.582. The second kappa shape index (κ2) is 10.8. The Bertz CT molecular complexity index is 841. The average molecular weight is 470 g/mol. The van der Waals surface area contributed by atoms with Crippen molar-refractivity contribution in [1.82, 2.24) is 15.6 Å². The van der Waals surface area contributed by atoms with Crippen LogP contribution < -0.4 is 10.6 Å². The van der Waals surface area contributed by atoms with Crippen molar-refractivity contribution in [2.45, 2.75) is 97.2 Å². The molecule has 6 nitrogen and oxygen atoms in total. The average Bonchev–Trinajstić information content (AvgIpc) is 2.85. The van der Waals surface area contributed by atoms with Crippen LogP contribution in [0.4, 0.5) is 0 Å². The van der Waals surface area contributed by atoms with Crippen molar-refractivity contribution < 1.29 is 14.7 Å². The van der Waals surface area contributed by atoms with Crippen LogP contribution in [0.25, 0.3) is 0 Å². The van der Waals surface area contributed by atoms with Crippen LogP contribution in [0, 0.1) is 35.0 Å². The molecule has 4 rings (SSSR count). The molecule has 0 radical (unpaired) electrons. The maximum absolute atomic E-state index is 13.0. The Morgan fingerprint density at radius 2 is 1.88 bits per heavy atom. The number of pyridine rings is 1. The van der Waals surface area contributed by atoms with E-state index >= 15 is 0 Å². The molecule has 0 spiro atoms. The number of rotatable bonds is 6. The molecule has 6 heteroatoms. The molecule has 0 unspecified atom stereocenters. The minimum absolute atomic E-state index is 0.0241. The summed E-state index contributed by atoms with van der Waals surface area (Å²) >= 11 is 0. The van der Waals surface area contributed by atoms with Gasteiger partial charge in [0.1, 0.15) is 0 Å². The van der Waals surface area contributed by atoms with Crippen molar-refractivity contribution in [3.8, 4) is 0 Å². The highest BCUT2D eigenvalue weighted by molar-refractivity contribution is 5.79. The number of carbonyl (C=O) groups excluding carboxylic acids is 2. The summed E-state index contributed by atoms with van der Waals surface area (Å²) < 4.78 is 0. The van der Waals surface area contributed by atoms with E-state index < -0.39 is 6.10 Å². The molecule has 3 fully saturated rings. The van der Waals surface area contributed by atoms with Crippen LogP contribution >= 0.6 is 0 Å². The van der Waals surface area contributed by atoms with Gasteiger partial charge in [0.25, 0.3) is 0 Å². The first-order chi connectivity index (χ1) is 16.3. The summed E-state index contributed by atoms with van der Waals surface area (Å²) in [7, 11) is 0. The summed E-state index contributed by atoms with van der Waals surface area (Å²) in [5, 5.41) is 18.0. The predicted octanol–water partition coefficient (Wildman–Crippen LogP) is 4.22. The van der Waals surface area contributed by atoms with Gasteiger partial charge in [0.05, 0.1) is 18.3 Å². The van der Waals surface area contributed by atoms with Gasteiger partial charge in [-0.05, 0) is 73.8 Å². The van der Waals surface area contributed by atoms with Crippen LogP contribution in [-0.2, 0) is 16.1 Å². The maximum Gasteiger partial charge on any atom is 0.223 e. The van der Waals surface area contributed by atoms with E-state index in [-0.39, 0.29) is 52.9 Å². The van der Waals surface area contributed by atoms with Crippen molar-refractivity contribution in [2.75, 3.05) is 0 Å². The van der Waals surface area contributed by atoms with Crippen LogP contribution in [0.3, 0.4) is 0 Å². The topological polar surface area (TPSA) is 91.3 Å². The lowest BCUT2D eigenvalue weighted by molar-refractivity contribution is -0.144. The minimum Gasteiger partial charge on any atom is -0.392 e. The first-order valence-electron chi connectivity index (χ1n) is 13.5. The van der Waals surface area contributed by atoms with Crippen molar-refractivity contribution in [1.29, 1.82) is 0 Å². The van der Waals surface area contributed by atoms with E-state index in [0.29, 0.717) is 6.54 Å². The Kier molecular flexibility index (Phi) is 7.96. The Morgan fingerprint density at radius 1 is 1.15 bits per heavy atom. The second-order valence-electron chi connectivity index (χ2n) is 11.5. The van der Waals surface area contributed by atoms with E-state index in [1.807, 2.05) is 25.1 Å². The van der Waals surface area contributed by atoms with Crippen LogP contribution in [-0.4, -0.2) is 34.1 Å². The molecule has 1 aromatic heterocycles. The highest BCUT2D eigenvalue weighted by Crippen LogP contribution is 2.55. The summed E-state index contributed by atoms with van der Waals surface area (Å²) in [5.74, 6) is 0.273. The van der Waals surface area contributed by atoms with Gasteiger partial charge < -0.3 is 15.7 Å². The Morgan fingerprint density at radius 3 is 2.59 bits per heavy atom. The smallest absolute Gasteiger partial charge is 0.223 e. The van der Waals surface area contributed by atoms with E-state index in [9.17, 15) is 14.7 Å². The van der Waals surface area contributed by atoms with Gasteiger partial charge in [-0.25, -0.2) is 0 Å². The highest BCUT2D eigenvalue weighted by atomic mass is 16.3. The molecule has 3 aliphatic carbocycles. The van der Waals surface area contributed by atoms with Gasteiger partial charge in [0.15, 0.2) is 0 Å². The maximum atomic E-state index is 13.0. The first-order valence-corrected chi connectivity index (χ1v) is 13.5. The number of nitrogens with zero attached hydrogens (tertiary/aromatic N) is 1. The van der Waals surface area contributed by atoms with Gasteiger partial charge >= 0.3 is 0 Å². The number of aromatic nitrogens is 1. The molecule has 3 saturated carbocycles. The summed E-state index contributed by atoms with van der Waals surface area (Å²) in [6.45, 7) is 6.85. The molecular formula is C28H43N3O3. The largest absolute Gasteiger partial charge is 0.392 e. The summed E-state index contributed by atoms with van der Waals surface area (Å²) in [6.07, 6.45) is 10.6. The fourth-order valence-corrected chi connectivity index (χ4v) is 7.20. The molecule has 1 heterocycles. The van der Waals surface area contributed by atoms with Crippen LogP contribution in [0.1, 0.15) is 84.3 Å². The van der Waals surface area contributed by atoms with E-state index in [1.54, 1.807) is 6.20 Å². The number of aliphatic hydroxyl groups excluding tert-OH is 1. The third-order valence-corrected chi connectivity index (χ3v) is 9.42. The number of aliphatic hydroxyl groups is 1. The van der Waals surface area contributed by atoms with Gasteiger partial charge in [0, 0.05) is 24.1 Å². The number of hydrogen-bond acceptors (Lipinski definition) is 4. The first kappa shape index (κ1) is 25.2. The van der Waals surface area contributed by atoms with Gasteiger partial charge in [-0.15, -0.1) is 0 Å². The molecular weight excluding hydrogens is 426 g/mol. The zero-order chi connectivity index (χ0) is 24.3. The van der Waals surface area contributed by atoms with Crippen molar-refractivity contribution in [3.63, 3.8) is 0 Å². The lowest BCUT2D eigenvalue weighted by Crippen LogP contribution is -2.59. The van der Waals surface area contributed by atoms with E-state index in [0.717, 1.165) is 57.1 Å². The third kappa shape index (κ3) is 5.32. The number of hydrogen-bond donors (Lipinski definition) is 3. The normalized spacial score (nSPS) is 35.1. The molecule has 3 N–H and O–H groups in total. The van der Waals surface area contributed by atoms with E-state index in [4.69, 9.17) is 0 Å². The number of amides is 2. The van der Waals surface area contributed by atoms with Crippen LogP contribution in [0.15, 0.2) is 24.4 Å². The lowest BCUT2D eigenvalue weighted by Gasteiger charge is -2.56. The number of nitrogens with one attached hydrogen (secondary N) is 2. The van der Waals surface area contributed by atoms with E-state index in [2.05, 4.69) is 29.5 Å². The molecule has 0 saturated heterocycles. The monoisotopic (exact) mass is 469 g/mol. The molecule has 0 aromatic carbocycles. The van der Waals surface area contributed by atoms with Gasteiger partial charge in [-0.1, -0.05) is 46.1 Å². The molecule has 188 valence electrons. The Labute approximate surface area is 204 Å². The van der Waals surface area contributed by atoms with Crippen molar-refractivity contribution in [2.24, 2.45) is 35.0 Å². The highest BCUT2D eigenvalue weighted by Gasteiger charge is 2.54. The zero-order valence-corrected chi connectivity index (χ0v) is 21.1. The summed E-state index contributed by atoms with van der Waals surface area (Å²) in [6, 6.07) is 5.78. The van der Waals surface area contributed by atoms with E-state index in [1.165, 1.54) is 6.42 Å². The number of fused-ring (bicyclic) bond motifs is 1. The van der Waals surface area contributed by atoms with Gasteiger partial charge in [-0.2, -0.15) is 0 Å². The van der Waals surface area contributed by atoms with Crippen molar-refractivity contribution >= 4 is 11.8 Å². The SMILES string of the molecule is C[C@@H]1[C@@H]2[C@@H](O)[C@@H]([C@H](C)C(=O)NCc3ccccn3)CC[C@]2(C)CC[C@@H]1NC(=O)C1CCCCC1. The summed E-state index contributed by atoms with van der Waals surface area (Å²) in [5.41, 5.74) is 0.892. The fourth-order valence-electron chi connectivity index (χ4n) is 7.20. The van der Waals surface area contributed by atoms with Crippen molar-refractivity contribution in [3.05, 3.63) is 30.1 Å². The number of carbonyl (C=O) groups is 2. The second-order valence-corrected chi connectivity index (χ2v) is 11.5. The lowest BCUT2D eigenvalue weighted by atomic mass is 9.51. The van der Waals surface area contributed by atoms with Gasteiger partial charge in [-0.3, -0.25) is 14.6 Å². The fraction of sp³-hybridized carbons (Fsp3) is 0.750. The molecule has 1 aromatic rings. The molecule has 7 atom stereocenters. The molecule has 0 aliphatic heterocycles. The van der Waals surface area contributed by atoms with Gasteiger partial charge in [0.2, 0.25) is 11.8 Å². The molecule has 34 heavy (non-hydrogen) atoms. The molecule has 0 bridgehead atoms. The Hall–Kier alpha value is -1.95. The third-order valence-electron chi connectivity index (χ3n) is 9.42. The summed E-state index contributed by atoms with van der Waals surface area (Å²) in [4.78, 5) is 30.2. The molecule has 3 aliphatic rings. The molecule has 2 amide bonds. The Balaban J connectivity index is 1.39. The van der Waals surface area contributed by atoms with Crippen LogP contribution in [0.2, 0.25) is 0 Å². The van der Waals surface area contributed by atoms with Crippen LogP contribution in [0.5, 0.6) is 0 Å². The zero-order valence-electron chi connectivity index (χ0n) is 21.1. The standard InChI is InChI=1S/C28H43N3O3/c1-18(26(33)30-17-21-11-7-8-16-29-21)22-12-14-28(3)15-13-23(19(2)24(28)25(22)32)31-27(34)20-9-5-4-6-10-20/h7-8,11,16,18-20,22-25,32H,4-6,9-10,12-15,17H2,1-3H3,(H,30,33)(H,31,34)/t18-,19-,22+,23-,24+,25-,28+/m0/s1. The minimum atomic E-state index is -0.543. The predicted molar refractivity (Wildman–Crippen MR) is 132 cm³/mol.